The number of hydrogen-bond donors (Lipinski definition) is 3. The summed E-state index contributed by atoms with van der Waals surface area (Å²) in [6.45, 7) is 9.52. The molecule has 0 aliphatic rings. The summed E-state index contributed by atoms with van der Waals surface area (Å²) in [5.74, 6) is -1.35. The lowest BCUT2D eigenvalue weighted by Gasteiger charge is -2.21. The summed E-state index contributed by atoms with van der Waals surface area (Å²) in [5.41, 5.74) is 3.03. The van der Waals surface area contributed by atoms with Gasteiger partial charge in [-0.1, -0.05) is 84.9 Å². The van der Waals surface area contributed by atoms with Crippen LogP contribution in [0.1, 0.15) is 42.9 Å². The average Bonchev–Trinajstić information content (AvgIpc) is 3.07. The third-order valence-electron chi connectivity index (χ3n) is 7.48. The van der Waals surface area contributed by atoms with E-state index in [1.807, 2.05) is 84.9 Å². The van der Waals surface area contributed by atoms with Crippen LogP contribution in [0.15, 0.2) is 110 Å². The Kier molecular flexibility index (Phi) is 15.3. The lowest BCUT2D eigenvalue weighted by atomic mass is 9.96. The zero-order valence-corrected chi connectivity index (χ0v) is 26.6. The topological polar surface area (TPSA) is 114 Å². The molecule has 0 bridgehead atoms. The SMILES string of the molecule is C=CC[C@@H](CC(=O)N[C@H](CO)Cc1ccc(OCc2ccccc2)cc1)C(=O)NC[C@H](C)OC(=O)[C@H](CC=C)Cc1ccccc1. The first-order valence-electron chi connectivity index (χ1n) is 15.7. The standard InChI is InChI=1S/C38H46N2O6/c1-4-12-32(37(43)39-25-28(3)46-38(44)33(13-5-2)22-29-14-8-6-9-15-29)24-36(42)40-34(26-41)23-30-18-20-35(21-19-30)45-27-31-16-10-7-11-17-31/h4-11,14-21,28,32-34,41H,1-2,12-13,22-27H2,3H3,(H,39,43)(H,40,42)/t28-,32-,33+,34-/m0/s1. The van der Waals surface area contributed by atoms with Crippen LogP contribution in [0.5, 0.6) is 5.75 Å². The van der Waals surface area contributed by atoms with Gasteiger partial charge in [0, 0.05) is 6.42 Å². The number of carbonyl (C=O) groups excluding carboxylic acids is 3. The van der Waals surface area contributed by atoms with E-state index in [0.29, 0.717) is 32.3 Å². The summed E-state index contributed by atoms with van der Waals surface area (Å²) in [6.07, 6.45) is 4.37. The molecule has 8 nitrogen and oxygen atoms in total. The van der Waals surface area contributed by atoms with Gasteiger partial charge in [-0.2, -0.15) is 0 Å². The van der Waals surface area contributed by atoms with Gasteiger partial charge in [0.05, 0.1) is 31.0 Å². The van der Waals surface area contributed by atoms with Crippen molar-refractivity contribution in [3.63, 3.8) is 0 Å². The second kappa shape index (κ2) is 19.6. The Balaban J connectivity index is 1.45. The third kappa shape index (κ3) is 12.7. The highest BCUT2D eigenvalue weighted by molar-refractivity contribution is 5.86. The van der Waals surface area contributed by atoms with Crippen LogP contribution in [0.3, 0.4) is 0 Å². The maximum Gasteiger partial charge on any atom is 0.309 e. The van der Waals surface area contributed by atoms with Crippen molar-refractivity contribution in [3.8, 4) is 5.75 Å². The summed E-state index contributed by atoms with van der Waals surface area (Å²) in [5, 5.41) is 15.6. The molecule has 0 aromatic heterocycles. The van der Waals surface area contributed by atoms with E-state index in [1.54, 1.807) is 19.1 Å². The van der Waals surface area contributed by atoms with Crippen LogP contribution < -0.4 is 15.4 Å². The smallest absolute Gasteiger partial charge is 0.309 e. The number of carbonyl (C=O) groups is 3. The number of ether oxygens (including phenoxy) is 2. The van der Waals surface area contributed by atoms with Gasteiger partial charge in [-0.25, -0.2) is 0 Å². The van der Waals surface area contributed by atoms with Crippen molar-refractivity contribution in [3.05, 3.63) is 127 Å². The summed E-state index contributed by atoms with van der Waals surface area (Å²) in [7, 11) is 0. The molecule has 8 heteroatoms. The van der Waals surface area contributed by atoms with E-state index in [-0.39, 0.29) is 43.3 Å². The zero-order valence-electron chi connectivity index (χ0n) is 26.6. The predicted octanol–water partition coefficient (Wildman–Crippen LogP) is 5.35. The number of esters is 1. The van der Waals surface area contributed by atoms with E-state index < -0.39 is 18.1 Å². The van der Waals surface area contributed by atoms with Gasteiger partial charge in [-0.15, -0.1) is 13.2 Å². The molecule has 46 heavy (non-hydrogen) atoms. The average molecular weight is 627 g/mol. The number of benzene rings is 3. The van der Waals surface area contributed by atoms with E-state index in [9.17, 15) is 19.5 Å². The maximum absolute atomic E-state index is 13.0. The van der Waals surface area contributed by atoms with Crippen LogP contribution in [-0.2, 0) is 38.6 Å². The van der Waals surface area contributed by atoms with Crippen LogP contribution in [0.25, 0.3) is 0 Å². The predicted molar refractivity (Wildman–Crippen MR) is 180 cm³/mol. The van der Waals surface area contributed by atoms with Crippen molar-refractivity contribution in [2.24, 2.45) is 11.8 Å². The van der Waals surface area contributed by atoms with Crippen LogP contribution in [0.2, 0.25) is 0 Å². The van der Waals surface area contributed by atoms with Crippen molar-refractivity contribution in [2.75, 3.05) is 13.2 Å². The maximum atomic E-state index is 13.0. The minimum absolute atomic E-state index is 0.0761. The lowest BCUT2D eigenvalue weighted by Crippen LogP contribution is -2.42. The highest BCUT2D eigenvalue weighted by Crippen LogP contribution is 2.18. The second-order valence-corrected chi connectivity index (χ2v) is 11.4. The highest BCUT2D eigenvalue weighted by Gasteiger charge is 2.25. The molecule has 0 aliphatic heterocycles. The van der Waals surface area contributed by atoms with Crippen molar-refractivity contribution >= 4 is 17.8 Å². The summed E-state index contributed by atoms with van der Waals surface area (Å²) in [6, 6.07) is 26.6. The minimum Gasteiger partial charge on any atom is -0.489 e. The molecule has 0 saturated heterocycles. The molecule has 0 radical (unpaired) electrons. The van der Waals surface area contributed by atoms with Crippen LogP contribution in [0, 0.1) is 11.8 Å². The molecule has 3 rings (SSSR count). The summed E-state index contributed by atoms with van der Waals surface area (Å²) >= 11 is 0. The minimum atomic E-state index is -0.660. The van der Waals surface area contributed by atoms with Crippen molar-refractivity contribution in [1.82, 2.24) is 10.6 Å². The quantitative estimate of drug-likeness (QED) is 0.115. The molecular formula is C38H46N2O6. The number of aliphatic hydroxyl groups excluding tert-OH is 1. The molecule has 0 heterocycles. The molecular weight excluding hydrogens is 580 g/mol. The Labute approximate surface area is 272 Å². The fourth-order valence-corrected chi connectivity index (χ4v) is 4.99. The molecule has 4 atom stereocenters. The Morgan fingerprint density at radius 1 is 0.804 bits per heavy atom. The molecule has 0 saturated carbocycles. The normalized spacial score (nSPS) is 13.3. The van der Waals surface area contributed by atoms with Gasteiger partial charge in [0.1, 0.15) is 18.5 Å². The molecule has 0 aliphatic carbocycles. The summed E-state index contributed by atoms with van der Waals surface area (Å²) < 4.78 is 11.5. The molecule has 0 spiro atoms. The first-order valence-corrected chi connectivity index (χ1v) is 15.7. The van der Waals surface area contributed by atoms with Gasteiger partial charge < -0.3 is 25.2 Å². The number of allylic oxidation sites excluding steroid dienone is 2. The zero-order chi connectivity index (χ0) is 33.1. The van der Waals surface area contributed by atoms with Crippen LogP contribution in [-0.4, -0.2) is 48.2 Å². The fraction of sp³-hybridized carbons (Fsp3) is 0.342. The third-order valence-corrected chi connectivity index (χ3v) is 7.48. The van der Waals surface area contributed by atoms with Crippen molar-refractivity contribution in [2.45, 2.75) is 57.8 Å². The van der Waals surface area contributed by atoms with E-state index in [1.165, 1.54) is 0 Å². The van der Waals surface area contributed by atoms with Gasteiger partial charge in [0.2, 0.25) is 11.8 Å². The second-order valence-electron chi connectivity index (χ2n) is 11.4. The molecule has 3 aromatic rings. The van der Waals surface area contributed by atoms with Crippen molar-refractivity contribution < 1.29 is 29.0 Å². The lowest BCUT2D eigenvalue weighted by molar-refractivity contribution is -0.153. The van der Waals surface area contributed by atoms with Gasteiger partial charge in [-0.3, -0.25) is 14.4 Å². The molecule has 0 fully saturated rings. The number of aliphatic hydroxyl groups is 1. The van der Waals surface area contributed by atoms with E-state index in [4.69, 9.17) is 9.47 Å². The van der Waals surface area contributed by atoms with E-state index in [2.05, 4.69) is 23.8 Å². The number of nitrogens with one attached hydrogen (secondary N) is 2. The van der Waals surface area contributed by atoms with Gasteiger partial charge in [0.25, 0.3) is 0 Å². The largest absolute Gasteiger partial charge is 0.489 e. The summed E-state index contributed by atoms with van der Waals surface area (Å²) in [4.78, 5) is 38.8. The number of hydrogen-bond acceptors (Lipinski definition) is 6. The Morgan fingerprint density at radius 3 is 2.00 bits per heavy atom. The Hall–Kier alpha value is -4.69. The van der Waals surface area contributed by atoms with E-state index in [0.717, 1.165) is 22.4 Å². The molecule has 2 amide bonds. The Morgan fingerprint density at radius 2 is 1.39 bits per heavy atom. The number of rotatable bonds is 20. The highest BCUT2D eigenvalue weighted by atomic mass is 16.5. The first-order chi connectivity index (χ1) is 22.3. The number of amides is 2. The van der Waals surface area contributed by atoms with Crippen molar-refractivity contribution in [1.29, 1.82) is 0 Å². The molecule has 3 aromatic carbocycles. The monoisotopic (exact) mass is 626 g/mol. The first kappa shape index (κ1) is 35.8. The van der Waals surface area contributed by atoms with Crippen LogP contribution in [0.4, 0.5) is 0 Å². The molecule has 3 N–H and O–H groups in total. The van der Waals surface area contributed by atoms with Gasteiger partial charge >= 0.3 is 5.97 Å². The van der Waals surface area contributed by atoms with Crippen LogP contribution >= 0.6 is 0 Å². The molecule has 244 valence electrons. The Bertz CT molecular complexity index is 1380. The fourth-order valence-electron chi connectivity index (χ4n) is 4.99. The van der Waals surface area contributed by atoms with E-state index >= 15 is 0 Å². The van der Waals surface area contributed by atoms with Gasteiger partial charge in [0.15, 0.2) is 0 Å². The molecule has 0 unspecified atom stereocenters. The van der Waals surface area contributed by atoms with Gasteiger partial charge in [-0.05, 0) is 61.4 Å².